The van der Waals surface area contributed by atoms with E-state index in [1.807, 2.05) is 12.1 Å². The van der Waals surface area contributed by atoms with E-state index in [9.17, 15) is 5.11 Å². The molecule has 1 saturated heterocycles. The number of likely N-dealkylation sites (tertiary alicyclic amines) is 1. The highest BCUT2D eigenvalue weighted by atomic mass is 16.3. The molecule has 2 fully saturated rings. The van der Waals surface area contributed by atoms with Gasteiger partial charge in [-0.2, -0.15) is 0 Å². The molecule has 2 aromatic carbocycles. The molecule has 2 heterocycles. The molecule has 29 heavy (non-hydrogen) atoms. The van der Waals surface area contributed by atoms with Crippen LogP contribution in [0.1, 0.15) is 42.7 Å². The number of nitrogens with zero attached hydrogens (tertiary/aromatic N) is 3. The first-order valence-electron chi connectivity index (χ1n) is 10.6. The van der Waals surface area contributed by atoms with Gasteiger partial charge in [0.15, 0.2) is 5.82 Å². The van der Waals surface area contributed by atoms with Crippen LogP contribution in [0.5, 0.6) is 5.75 Å². The minimum absolute atomic E-state index is 0.292. The zero-order valence-electron chi connectivity index (χ0n) is 17.2. The van der Waals surface area contributed by atoms with Gasteiger partial charge in [0, 0.05) is 28.9 Å². The summed E-state index contributed by atoms with van der Waals surface area (Å²) in [5.41, 5.74) is 3.90. The Kier molecular flexibility index (Phi) is 4.63. The van der Waals surface area contributed by atoms with Crippen LogP contribution in [0.15, 0.2) is 36.4 Å². The van der Waals surface area contributed by atoms with E-state index in [0.717, 1.165) is 47.4 Å². The lowest BCUT2D eigenvalue weighted by Gasteiger charge is -2.30. The lowest BCUT2D eigenvalue weighted by atomic mass is 9.99. The van der Waals surface area contributed by atoms with Crippen LogP contribution in [0.25, 0.3) is 22.0 Å². The van der Waals surface area contributed by atoms with E-state index >= 15 is 0 Å². The average Bonchev–Trinajstić information content (AvgIpc) is 3.54. The Morgan fingerprint density at radius 1 is 1.03 bits per heavy atom. The molecule has 1 atom stereocenters. The summed E-state index contributed by atoms with van der Waals surface area (Å²) in [7, 11) is 2.17. The first-order chi connectivity index (χ1) is 14.1. The summed E-state index contributed by atoms with van der Waals surface area (Å²) in [6.45, 7) is 4.26. The summed E-state index contributed by atoms with van der Waals surface area (Å²) < 4.78 is 0. The molecular formula is C24H28N4O. The van der Waals surface area contributed by atoms with Crippen LogP contribution in [0.4, 0.5) is 5.82 Å². The quantitative estimate of drug-likeness (QED) is 0.679. The van der Waals surface area contributed by atoms with Gasteiger partial charge in [0.25, 0.3) is 0 Å². The summed E-state index contributed by atoms with van der Waals surface area (Å²) in [6, 6.07) is 12.8. The Morgan fingerprint density at radius 2 is 1.90 bits per heavy atom. The van der Waals surface area contributed by atoms with Crippen molar-refractivity contribution in [2.45, 2.75) is 44.6 Å². The molecule has 0 radical (unpaired) electrons. The number of rotatable bonds is 4. The third-order valence-electron chi connectivity index (χ3n) is 6.23. The standard InChI is InChI=1S/C24H28N4O/c1-15-5-9-19-21(12-15)24(25-18-4-3-11-28(2)14-18)27-26-23(19)20-10-8-17(13-22(20)29)16-6-7-16/h5,8-10,12-13,16,18,29H,3-4,6-7,11,14H2,1-2H3,(H,25,27)/t18-/m1/s1. The van der Waals surface area contributed by atoms with Crippen molar-refractivity contribution in [3.05, 3.63) is 47.5 Å². The zero-order valence-corrected chi connectivity index (χ0v) is 17.2. The van der Waals surface area contributed by atoms with Gasteiger partial charge >= 0.3 is 0 Å². The summed E-state index contributed by atoms with van der Waals surface area (Å²) in [6.07, 6.45) is 4.78. The third-order valence-corrected chi connectivity index (χ3v) is 6.23. The van der Waals surface area contributed by atoms with Crippen LogP contribution in [-0.2, 0) is 0 Å². The SMILES string of the molecule is Cc1ccc2c(-c3ccc(C4CC4)cc3O)nnc(N[C@@H]3CCCN(C)C3)c2c1. The maximum absolute atomic E-state index is 10.7. The number of phenolic OH excluding ortho intramolecular Hbond substituents is 1. The first kappa shape index (κ1) is 18.4. The molecule has 1 aliphatic heterocycles. The lowest BCUT2D eigenvalue weighted by molar-refractivity contribution is 0.261. The number of aromatic hydroxyl groups is 1. The third kappa shape index (κ3) is 3.67. The second kappa shape index (κ2) is 7.30. The summed E-state index contributed by atoms with van der Waals surface area (Å²) >= 11 is 0. The van der Waals surface area contributed by atoms with Crippen LogP contribution in [0, 0.1) is 6.92 Å². The van der Waals surface area contributed by atoms with E-state index in [-0.39, 0.29) is 0 Å². The van der Waals surface area contributed by atoms with Gasteiger partial charge in [0.05, 0.1) is 0 Å². The molecule has 5 nitrogen and oxygen atoms in total. The molecule has 5 heteroatoms. The normalized spacial score (nSPS) is 20.1. The van der Waals surface area contributed by atoms with Crippen molar-refractivity contribution in [3.8, 4) is 17.0 Å². The van der Waals surface area contributed by atoms with Crippen molar-refractivity contribution in [2.24, 2.45) is 0 Å². The van der Waals surface area contributed by atoms with E-state index in [1.54, 1.807) is 0 Å². The van der Waals surface area contributed by atoms with Crippen LogP contribution < -0.4 is 5.32 Å². The van der Waals surface area contributed by atoms with Gasteiger partial charge in [0.1, 0.15) is 11.4 Å². The number of piperidine rings is 1. The molecule has 5 rings (SSSR count). The first-order valence-corrected chi connectivity index (χ1v) is 10.6. The number of anilines is 1. The molecule has 3 aromatic rings. The van der Waals surface area contributed by atoms with Gasteiger partial charge in [-0.15, -0.1) is 10.2 Å². The van der Waals surface area contributed by atoms with Gasteiger partial charge in [-0.1, -0.05) is 23.8 Å². The van der Waals surface area contributed by atoms with E-state index < -0.39 is 0 Å². The summed E-state index contributed by atoms with van der Waals surface area (Å²) in [5, 5.41) is 25.5. The van der Waals surface area contributed by atoms with Crippen LogP contribution in [0.2, 0.25) is 0 Å². The van der Waals surface area contributed by atoms with E-state index in [1.165, 1.54) is 30.4 Å². The van der Waals surface area contributed by atoms with Crippen molar-refractivity contribution in [3.63, 3.8) is 0 Å². The number of benzene rings is 2. The fourth-order valence-electron chi connectivity index (χ4n) is 4.47. The van der Waals surface area contributed by atoms with Gasteiger partial charge in [-0.05, 0) is 75.9 Å². The maximum atomic E-state index is 10.7. The molecule has 1 saturated carbocycles. The lowest BCUT2D eigenvalue weighted by Crippen LogP contribution is -2.40. The number of fused-ring (bicyclic) bond motifs is 1. The summed E-state index contributed by atoms with van der Waals surface area (Å²) in [4.78, 5) is 2.36. The fraction of sp³-hybridized carbons (Fsp3) is 0.417. The van der Waals surface area contributed by atoms with Gasteiger partial charge in [-0.3, -0.25) is 0 Å². The number of aryl methyl sites for hydroxylation is 1. The smallest absolute Gasteiger partial charge is 0.156 e. The van der Waals surface area contributed by atoms with Crippen molar-refractivity contribution in [2.75, 3.05) is 25.5 Å². The molecular weight excluding hydrogens is 360 g/mol. The topological polar surface area (TPSA) is 61.3 Å². The second-order valence-electron chi connectivity index (χ2n) is 8.74. The summed E-state index contributed by atoms with van der Waals surface area (Å²) in [5.74, 6) is 1.74. The minimum atomic E-state index is 0.292. The number of phenols is 1. The van der Waals surface area contributed by atoms with Gasteiger partial charge in [-0.25, -0.2) is 0 Å². The van der Waals surface area contributed by atoms with Crippen molar-refractivity contribution in [1.29, 1.82) is 0 Å². The van der Waals surface area contributed by atoms with E-state index in [2.05, 4.69) is 58.7 Å². The Labute approximate surface area is 171 Å². The zero-order chi connectivity index (χ0) is 20.0. The molecule has 0 amide bonds. The average molecular weight is 389 g/mol. The monoisotopic (exact) mass is 388 g/mol. The predicted octanol–water partition coefficient (Wildman–Crippen LogP) is 4.69. The predicted molar refractivity (Wildman–Crippen MR) is 117 cm³/mol. The van der Waals surface area contributed by atoms with Gasteiger partial charge in [0.2, 0.25) is 0 Å². The highest BCUT2D eigenvalue weighted by Crippen LogP contribution is 2.43. The Morgan fingerprint density at radius 3 is 2.66 bits per heavy atom. The Balaban J connectivity index is 1.56. The number of hydrogen-bond donors (Lipinski definition) is 2. The molecule has 150 valence electrons. The molecule has 0 spiro atoms. The molecule has 2 N–H and O–H groups in total. The number of hydrogen-bond acceptors (Lipinski definition) is 5. The maximum Gasteiger partial charge on any atom is 0.156 e. The molecule has 1 aromatic heterocycles. The largest absolute Gasteiger partial charge is 0.507 e. The van der Waals surface area contributed by atoms with Crippen LogP contribution in [-0.4, -0.2) is 46.4 Å². The molecule has 0 unspecified atom stereocenters. The van der Waals surface area contributed by atoms with Gasteiger partial charge < -0.3 is 15.3 Å². The van der Waals surface area contributed by atoms with Crippen molar-refractivity contribution < 1.29 is 5.11 Å². The van der Waals surface area contributed by atoms with Crippen molar-refractivity contribution in [1.82, 2.24) is 15.1 Å². The second-order valence-corrected chi connectivity index (χ2v) is 8.74. The highest BCUT2D eigenvalue weighted by molar-refractivity contribution is 6.01. The van der Waals surface area contributed by atoms with Crippen LogP contribution in [0.3, 0.4) is 0 Å². The minimum Gasteiger partial charge on any atom is -0.507 e. The van der Waals surface area contributed by atoms with E-state index in [4.69, 9.17) is 0 Å². The highest BCUT2D eigenvalue weighted by Gasteiger charge is 2.25. The number of likely N-dealkylation sites (N-methyl/N-ethyl adjacent to an activating group) is 1. The fourth-order valence-corrected chi connectivity index (χ4v) is 4.47. The Hall–Kier alpha value is -2.66. The van der Waals surface area contributed by atoms with Crippen molar-refractivity contribution >= 4 is 16.6 Å². The molecule has 2 aliphatic rings. The Bertz CT molecular complexity index is 1060. The number of nitrogens with one attached hydrogen (secondary N) is 1. The molecule has 1 aliphatic carbocycles. The molecule has 0 bridgehead atoms. The van der Waals surface area contributed by atoms with E-state index in [0.29, 0.717) is 17.7 Å². The van der Waals surface area contributed by atoms with Crippen LogP contribution >= 0.6 is 0 Å². The number of aromatic nitrogens is 2.